The van der Waals surface area contributed by atoms with Crippen molar-refractivity contribution in [2.45, 2.75) is 59.0 Å². The molecule has 0 spiro atoms. The monoisotopic (exact) mass is 243 g/mol. The maximum atomic E-state index is 11.7. The molecular weight excluding hydrogens is 218 g/mol. The minimum atomic E-state index is -0.445. The van der Waals surface area contributed by atoms with Crippen molar-refractivity contribution in [2.24, 2.45) is 0 Å². The number of rotatable bonds is 6. The van der Waals surface area contributed by atoms with Crippen LogP contribution in [0.15, 0.2) is 0 Å². The molecule has 17 heavy (non-hydrogen) atoms. The highest BCUT2D eigenvalue weighted by Gasteiger charge is 2.23. The summed E-state index contributed by atoms with van der Waals surface area (Å²) in [6, 6.07) is -0.835. The smallest absolute Gasteiger partial charge is 0.321 e. The zero-order valence-electron chi connectivity index (χ0n) is 11.5. The van der Waals surface area contributed by atoms with Gasteiger partial charge in [0.05, 0.1) is 6.04 Å². The van der Waals surface area contributed by atoms with Crippen LogP contribution in [-0.2, 0) is 4.79 Å². The van der Waals surface area contributed by atoms with Crippen LogP contribution < -0.4 is 16.0 Å². The Balaban J connectivity index is 4.18. The van der Waals surface area contributed by atoms with Crippen LogP contribution in [0.1, 0.15) is 47.5 Å². The molecule has 5 heteroatoms. The predicted molar refractivity (Wildman–Crippen MR) is 68.8 cm³/mol. The van der Waals surface area contributed by atoms with Gasteiger partial charge in [-0.25, -0.2) is 4.79 Å². The third-order valence-corrected chi connectivity index (χ3v) is 2.45. The van der Waals surface area contributed by atoms with E-state index in [4.69, 9.17) is 0 Å². The van der Waals surface area contributed by atoms with E-state index in [0.717, 1.165) is 12.8 Å². The normalized spacial score (nSPS) is 13.0. The average molecular weight is 243 g/mol. The van der Waals surface area contributed by atoms with Crippen LogP contribution in [0.5, 0.6) is 0 Å². The van der Waals surface area contributed by atoms with Gasteiger partial charge in [0.2, 0.25) is 5.91 Å². The van der Waals surface area contributed by atoms with E-state index in [1.165, 1.54) is 0 Å². The molecule has 0 bridgehead atoms. The van der Waals surface area contributed by atoms with E-state index < -0.39 is 6.03 Å². The second-order valence-corrected chi connectivity index (χ2v) is 4.85. The average Bonchev–Trinajstić information content (AvgIpc) is 2.16. The van der Waals surface area contributed by atoms with Gasteiger partial charge in [0, 0.05) is 12.1 Å². The molecule has 3 amide bonds. The second-order valence-electron chi connectivity index (χ2n) is 4.85. The zero-order valence-corrected chi connectivity index (χ0v) is 11.5. The molecular formula is C12H25N3O2. The molecule has 0 aliphatic carbocycles. The Labute approximate surface area is 104 Å². The number of imide groups is 1. The number of nitrogens with one attached hydrogen (secondary N) is 3. The summed E-state index contributed by atoms with van der Waals surface area (Å²) >= 11 is 0. The molecule has 100 valence electrons. The quantitative estimate of drug-likeness (QED) is 0.660. The van der Waals surface area contributed by atoms with Gasteiger partial charge in [0.25, 0.3) is 0 Å². The fraction of sp³-hybridized carbons (Fsp3) is 0.833. The number of amides is 3. The summed E-state index contributed by atoms with van der Waals surface area (Å²) in [5, 5.41) is 8.03. The summed E-state index contributed by atoms with van der Waals surface area (Å²) in [5.41, 5.74) is -0.104. The summed E-state index contributed by atoms with van der Waals surface area (Å²) in [6.07, 6.45) is 2.02. The highest BCUT2D eigenvalue weighted by Crippen LogP contribution is 2.11. The molecule has 0 aliphatic rings. The lowest BCUT2D eigenvalue weighted by atomic mass is 9.98. The van der Waals surface area contributed by atoms with E-state index in [9.17, 15) is 9.59 Å². The molecule has 0 fully saturated rings. The predicted octanol–water partition coefficient (Wildman–Crippen LogP) is 1.39. The fourth-order valence-corrected chi connectivity index (χ4v) is 1.77. The van der Waals surface area contributed by atoms with Crippen LogP contribution in [0.4, 0.5) is 4.79 Å². The lowest BCUT2D eigenvalue weighted by molar-refractivity contribution is -0.122. The Hall–Kier alpha value is -1.10. The maximum Gasteiger partial charge on any atom is 0.321 e. The first-order valence-corrected chi connectivity index (χ1v) is 6.18. The van der Waals surface area contributed by atoms with Gasteiger partial charge in [-0.3, -0.25) is 10.1 Å². The molecule has 0 saturated heterocycles. The van der Waals surface area contributed by atoms with Crippen LogP contribution in [0.2, 0.25) is 0 Å². The molecule has 0 aromatic carbocycles. The van der Waals surface area contributed by atoms with Crippen LogP contribution >= 0.6 is 0 Å². The SMILES string of the molecule is CCCC(C)(C)NC(C)C(=O)NC(=O)NCC. The van der Waals surface area contributed by atoms with Gasteiger partial charge in [-0.15, -0.1) is 0 Å². The van der Waals surface area contributed by atoms with E-state index >= 15 is 0 Å². The summed E-state index contributed by atoms with van der Waals surface area (Å²) in [4.78, 5) is 22.9. The number of urea groups is 1. The standard InChI is InChI=1S/C12H25N3O2/c1-6-8-12(4,5)15-9(3)10(16)14-11(17)13-7-2/h9,15H,6-8H2,1-5H3,(H2,13,14,16,17). The Morgan fingerprint density at radius 1 is 1.24 bits per heavy atom. The van der Waals surface area contributed by atoms with Crippen LogP contribution in [0.3, 0.4) is 0 Å². The number of carbonyl (C=O) groups excluding carboxylic acids is 2. The largest absolute Gasteiger partial charge is 0.338 e. The van der Waals surface area contributed by atoms with Crippen molar-refractivity contribution in [3.63, 3.8) is 0 Å². The number of carbonyl (C=O) groups is 2. The van der Waals surface area contributed by atoms with E-state index in [1.54, 1.807) is 13.8 Å². The third-order valence-electron chi connectivity index (χ3n) is 2.45. The van der Waals surface area contributed by atoms with Gasteiger partial charge in [-0.2, -0.15) is 0 Å². The molecule has 0 heterocycles. The Kier molecular flexibility index (Phi) is 6.80. The molecule has 0 aromatic rings. The van der Waals surface area contributed by atoms with Gasteiger partial charge < -0.3 is 10.6 Å². The first-order valence-electron chi connectivity index (χ1n) is 6.18. The maximum absolute atomic E-state index is 11.7. The number of hydrogen-bond donors (Lipinski definition) is 3. The van der Waals surface area contributed by atoms with Gasteiger partial charge in [0.1, 0.15) is 0 Å². The van der Waals surface area contributed by atoms with Crippen LogP contribution in [0.25, 0.3) is 0 Å². The topological polar surface area (TPSA) is 70.2 Å². The second kappa shape index (κ2) is 7.27. The molecule has 1 atom stereocenters. The zero-order chi connectivity index (χ0) is 13.5. The molecule has 0 aromatic heterocycles. The van der Waals surface area contributed by atoms with Crippen molar-refractivity contribution < 1.29 is 9.59 Å². The number of hydrogen-bond acceptors (Lipinski definition) is 3. The summed E-state index contributed by atoms with van der Waals surface area (Å²) in [6.45, 7) is 10.3. The van der Waals surface area contributed by atoms with Crippen molar-refractivity contribution in [2.75, 3.05) is 6.54 Å². The van der Waals surface area contributed by atoms with Crippen LogP contribution in [-0.4, -0.2) is 30.1 Å². The molecule has 3 N–H and O–H groups in total. The molecule has 0 radical (unpaired) electrons. The summed E-state index contributed by atoms with van der Waals surface area (Å²) < 4.78 is 0. The van der Waals surface area contributed by atoms with E-state index in [1.807, 2.05) is 13.8 Å². The molecule has 1 unspecified atom stereocenters. The van der Waals surface area contributed by atoms with E-state index in [-0.39, 0.29) is 17.5 Å². The highest BCUT2D eigenvalue weighted by molar-refractivity contribution is 5.96. The van der Waals surface area contributed by atoms with Crippen molar-refractivity contribution in [1.29, 1.82) is 0 Å². The Bertz CT molecular complexity index is 264. The molecule has 0 aliphatic heterocycles. The van der Waals surface area contributed by atoms with Gasteiger partial charge in [-0.1, -0.05) is 13.3 Å². The van der Waals surface area contributed by atoms with Crippen molar-refractivity contribution in [1.82, 2.24) is 16.0 Å². The molecule has 0 saturated carbocycles. The van der Waals surface area contributed by atoms with Gasteiger partial charge >= 0.3 is 6.03 Å². The Morgan fingerprint density at radius 3 is 2.29 bits per heavy atom. The lowest BCUT2D eigenvalue weighted by Crippen LogP contribution is -2.53. The fourth-order valence-electron chi connectivity index (χ4n) is 1.77. The van der Waals surface area contributed by atoms with Gasteiger partial charge in [-0.05, 0) is 34.1 Å². The first-order chi connectivity index (χ1) is 7.82. The van der Waals surface area contributed by atoms with Crippen molar-refractivity contribution >= 4 is 11.9 Å². The first kappa shape index (κ1) is 15.9. The highest BCUT2D eigenvalue weighted by atomic mass is 16.2. The molecule has 0 rings (SSSR count). The summed E-state index contributed by atoms with van der Waals surface area (Å²) in [7, 11) is 0. The minimum absolute atomic E-state index is 0.104. The van der Waals surface area contributed by atoms with Crippen molar-refractivity contribution in [3.8, 4) is 0 Å². The van der Waals surface area contributed by atoms with Crippen molar-refractivity contribution in [3.05, 3.63) is 0 Å². The Morgan fingerprint density at radius 2 is 1.82 bits per heavy atom. The molecule has 5 nitrogen and oxygen atoms in total. The van der Waals surface area contributed by atoms with E-state index in [0.29, 0.717) is 6.54 Å². The van der Waals surface area contributed by atoms with Crippen LogP contribution in [0, 0.1) is 0 Å². The third kappa shape index (κ3) is 6.94. The van der Waals surface area contributed by atoms with E-state index in [2.05, 4.69) is 22.9 Å². The van der Waals surface area contributed by atoms with Gasteiger partial charge in [0.15, 0.2) is 0 Å². The lowest BCUT2D eigenvalue weighted by Gasteiger charge is -2.29. The minimum Gasteiger partial charge on any atom is -0.338 e. The summed E-state index contributed by atoms with van der Waals surface area (Å²) in [5.74, 6) is -0.305.